The first-order valence-corrected chi connectivity index (χ1v) is 8.47. The number of carbonyl (C=O) groups excluding carboxylic acids is 1. The van der Waals surface area contributed by atoms with Gasteiger partial charge in [-0.3, -0.25) is 14.8 Å². The largest absolute Gasteiger partial charge is 0.339 e. The predicted molar refractivity (Wildman–Crippen MR) is 96.5 cm³/mol. The lowest BCUT2D eigenvalue weighted by Gasteiger charge is -2.44. The molecule has 3 heterocycles. The van der Waals surface area contributed by atoms with E-state index < -0.39 is 0 Å². The molecule has 1 aromatic heterocycles. The summed E-state index contributed by atoms with van der Waals surface area (Å²) < 4.78 is 0. The highest BCUT2D eigenvalue weighted by Crippen LogP contribution is 2.39. The number of carbonyl (C=O) groups is 1. The second kappa shape index (κ2) is 7.03. The number of hydrogen-bond donors (Lipinski definition) is 1. The fraction of sp³-hybridized carbons (Fsp3) is 0.500. The van der Waals surface area contributed by atoms with E-state index in [9.17, 15) is 4.79 Å². The number of aromatic nitrogens is 2. The molecule has 2 fully saturated rings. The minimum absolute atomic E-state index is 0. The first-order valence-electron chi connectivity index (χ1n) is 8.47. The minimum Gasteiger partial charge on any atom is -0.339 e. The van der Waals surface area contributed by atoms with Gasteiger partial charge in [-0.15, -0.1) is 12.4 Å². The van der Waals surface area contributed by atoms with E-state index in [1.165, 1.54) is 12.8 Å². The van der Waals surface area contributed by atoms with Crippen LogP contribution in [0.1, 0.15) is 36.0 Å². The number of rotatable bonds is 1. The lowest BCUT2D eigenvalue weighted by molar-refractivity contribution is 0.0497. The maximum Gasteiger partial charge on any atom is 0.256 e. The number of nitrogens with one attached hydrogen (secondary N) is 1. The summed E-state index contributed by atoms with van der Waals surface area (Å²) in [7, 11) is 0. The van der Waals surface area contributed by atoms with E-state index >= 15 is 0 Å². The number of piperidine rings is 2. The SMILES string of the molecule is Cl.O=C(c1cccc2nccnc12)N1CCC2(CCNCC2)CC1. The third-order valence-corrected chi connectivity index (χ3v) is 5.50. The van der Waals surface area contributed by atoms with Crippen molar-refractivity contribution >= 4 is 29.3 Å². The van der Waals surface area contributed by atoms with Crippen molar-refractivity contribution in [1.29, 1.82) is 0 Å². The van der Waals surface area contributed by atoms with Gasteiger partial charge >= 0.3 is 0 Å². The van der Waals surface area contributed by atoms with Gasteiger partial charge in [-0.25, -0.2) is 0 Å². The van der Waals surface area contributed by atoms with Crippen LogP contribution < -0.4 is 5.32 Å². The summed E-state index contributed by atoms with van der Waals surface area (Å²) in [6.07, 6.45) is 8.05. The highest BCUT2D eigenvalue weighted by Gasteiger charge is 2.37. The van der Waals surface area contributed by atoms with Gasteiger partial charge in [0.15, 0.2) is 0 Å². The Hall–Kier alpha value is -1.72. The minimum atomic E-state index is 0. The van der Waals surface area contributed by atoms with E-state index in [0.717, 1.165) is 44.5 Å². The van der Waals surface area contributed by atoms with Crippen LogP contribution in [0.15, 0.2) is 30.6 Å². The molecule has 1 amide bonds. The predicted octanol–water partition coefficient (Wildman–Crippen LogP) is 2.66. The molecule has 0 bridgehead atoms. The fourth-order valence-corrected chi connectivity index (χ4v) is 3.98. The summed E-state index contributed by atoms with van der Waals surface area (Å²) >= 11 is 0. The molecule has 1 aromatic carbocycles. The Morgan fingerprint density at radius 1 is 1.04 bits per heavy atom. The van der Waals surface area contributed by atoms with E-state index in [-0.39, 0.29) is 18.3 Å². The summed E-state index contributed by atoms with van der Waals surface area (Å²) in [4.78, 5) is 23.6. The number of likely N-dealkylation sites (tertiary alicyclic amines) is 1. The van der Waals surface area contributed by atoms with Crippen molar-refractivity contribution in [2.75, 3.05) is 26.2 Å². The zero-order valence-electron chi connectivity index (χ0n) is 13.7. The van der Waals surface area contributed by atoms with Crippen LogP contribution in [0.3, 0.4) is 0 Å². The zero-order chi connectivity index (χ0) is 15.7. The molecular formula is C18H23ClN4O. The number of amides is 1. The van der Waals surface area contributed by atoms with Crippen LogP contribution in [0, 0.1) is 5.41 Å². The van der Waals surface area contributed by atoms with Gasteiger partial charge in [0.2, 0.25) is 0 Å². The van der Waals surface area contributed by atoms with E-state index in [0.29, 0.717) is 16.5 Å². The van der Waals surface area contributed by atoms with Crippen molar-refractivity contribution in [3.05, 3.63) is 36.2 Å². The van der Waals surface area contributed by atoms with Crippen molar-refractivity contribution in [2.24, 2.45) is 5.41 Å². The van der Waals surface area contributed by atoms with Gasteiger partial charge < -0.3 is 10.2 Å². The van der Waals surface area contributed by atoms with Crippen LogP contribution in [0.4, 0.5) is 0 Å². The second-order valence-electron chi connectivity index (χ2n) is 6.77. The average Bonchev–Trinajstić information content (AvgIpc) is 2.62. The molecule has 2 aliphatic heterocycles. The molecule has 1 spiro atoms. The molecule has 0 radical (unpaired) electrons. The molecular weight excluding hydrogens is 324 g/mol. The lowest BCUT2D eigenvalue weighted by Crippen LogP contribution is -2.47. The van der Waals surface area contributed by atoms with Crippen molar-refractivity contribution in [3.63, 3.8) is 0 Å². The second-order valence-corrected chi connectivity index (χ2v) is 6.77. The van der Waals surface area contributed by atoms with Gasteiger partial charge in [-0.2, -0.15) is 0 Å². The molecule has 4 rings (SSSR count). The van der Waals surface area contributed by atoms with Gasteiger partial charge in [0.1, 0.15) is 5.52 Å². The van der Waals surface area contributed by atoms with Gasteiger partial charge in [0.05, 0.1) is 11.1 Å². The molecule has 1 N–H and O–H groups in total. The maximum atomic E-state index is 12.9. The van der Waals surface area contributed by atoms with E-state index in [1.54, 1.807) is 12.4 Å². The first-order chi connectivity index (χ1) is 11.3. The summed E-state index contributed by atoms with van der Waals surface area (Å²) in [5.74, 6) is 0.0971. The summed E-state index contributed by atoms with van der Waals surface area (Å²) in [6.45, 7) is 3.95. The molecule has 24 heavy (non-hydrogen) atoms. The van der Waals surface area contributed by atoms with Crippen LogP contribution >= 0.6 is 12.4 Å². The summed E-state index contributed by atoms with van der Waals surface area (Å²) in [5.41, 5.74) is 2.63. The van der Waals surface area contributed by atoms with E-state index in [2.05, 4.69) is 15.3 Å². The molecule has 5 nitrogen and oxygen atoms in total. The fourth-order valence-electron chi connectivity index (χ4n) is 3.98. The van der Waals surface area contributed by atoms with Gasteiger partial charge in [0.25, 0.3) is 5.91 Å². The van der Waals surface area contributed by atoms with Gasteiger partial charge in [-0.1, -0.05) is 6.07 Å². The quantitative estimate of drug-likeness (QED) is 0.862. The van der Waals surface area contributed by atoms with E-state index in [1.807, 2.05) is 23.1 Å². The van der Waals surface area contributed by atoms with Crippen LogP contribution in [0.25, 0.3) is 11.0 Å². The maximum absolute atomic E-state index is 12.9. The van der Waals surface area contributed by atoms with Crippen molar-refractivity contribution in [2.45, 2.75) is 25.7 Å². The van der Waals surface area contributed by atoms with Crippen molar-refractivity contribution in [1.82, 2.24) is 20.2 Å². The third kappa shape index (κ3) is 3.10. The Morgan fingerprint density at radius 3 is 2.50 bits per heavy atom. The smallest absolute Gasteiger partial charge is 0.256 e. The number of nitrogens with zero attached hydrogens (tertiary/aromatic N) is 3. The summed E-state index contributed by atoms with van der Waals surface area (Å²) in [6, 6.07) is 5.66. The summed E-state index contributed by atoms with van der Waals surface area (Å²) in [5, 5.41) is 3.44. The monoisotopic (exact) mass is 346 g/mol. The number of para-hydroxylation sites is 1. The van der Waals surface area contributed by atoms with Gasteiger partial charge in [-0.05, 0) is 56.3 Å². The molecule has 0 saturated carbocycles. The molecule has 2 aliphatic rings. The topological polar surface area (TPSA) is 58.1 Å². The number of benzene rings is 1. The molecule has 128 valence electrons. The molecule has 0 unspecified atom stereocenters. The zero-order valence-corrected chi connectivity index (χ0v) is 14.5. The molecule has 6 heteroatoms. The Bertz CT molecular complexity index is 715. The van der Waals surface area contributed by atoms with Crippen LogP contribution in [0.2, 0.25) is 0 Å². The number of halogens is 1. The standard InChI is InChI=1S/C18H22N4O.ClH/c23-17(14-2-1-3-15-16(14)21-11-10-20-15)22-12-6-18(7-13-22)4-8-19-9-5-18;/h1-3,10-11,19H,4-9,12-13H2;1H. The first kappa shape index (κ1) is 17.1. The Balaban J connectivity index is 0.00000169. The third-order valence-electron chi connectivity index (χ3n) is 5.50. The molecule has 0 atom stereocenters. The normalized spacial score (nSPS) is 19.9. The number of hydrogen-bond acceptors (Lipinski definition) is 4. The lowest BCUT2D eigenvalue weighted by atomic mass is 9.71. The Morgan fingerprint density at radius 2 is 1.75 bits per heavy atom. The van der Waals surface area contributed by atoms with Crippen LogP contribution in [0.5, 0.6) is 0 Å². The molecule has 2 saturated heterocycles. The van der Waals surface area contributed by atoms with Crippen LogP contribution in [-0.4, -0.2) is 47.0 Å². The molecule has 0 aliphatic carbocycles. The van der Waals surface area contributed by atoms with Crippen molar-refractivity contribution < 1.29 is 4.79 Å². The highest BCUT2D eigenvalue weighted by atomic mass is 35.5. The average molecular weight is 347 g/mol. The number of fused-ring (bicyclic) bond motifs is 1. The van der Waals surface area contributed by atoms with Crippen molar-refractivity contribution in [3.8, 4) is 0 Å². The Labute approximate surface area is 148 Å². The molecule has 2 aromatic rings. The van der Waals surface area contributed by atoms with Gasteiger partial charge in [0, 0.05) is 25.5 Å². The van der Waals surface area contributed by atoms with E-state index in [4.69, 9.17) is 0 Å². The highest BCUT2D eigenvalue weighted by molar-refractivity contribution is 6.04. The Kier molecular flexibility index (Phi) is 5.01. The van der Waals surface area contributed by atoms with Crippen LogP contribution in [-0.2, 0) is 0 Å².